The Morgan fingerprint density at radius 3 is 2.85 bits per heavy atom. The zero-order valence-electron chi connectivity index (χ0n) is 11.6. The summed E-state index contributed by atoms with van der Waals surface area (Å²) in [4.78, 5) is 12.8. The molecule has 5 nitrogen and oxygen atoms in total. The smallest absolute Gasteiger partial charge is 0.338 e. The molecule has 20 heavy (non-hydrogen) atoms. The Balaban J connectivity index is 2.29. The summed E-state index contributed by atoms with van der Waals surface area (Å²) in [6.07, 6.45) is 0.977. The largest absolute Gasteiger partial charge is 0.478 e. The van der Waals surface area contributed by atoms with Crippen molar-refractivity contribution < 1.29 is 19.0 Å². The van der Waals surface area contributed by atoms with Crippen molar-refractivity contribution in [2.75, 3.05) is 30.8 Å². The molecule has 0 saturated carbocycles. The highest BCUT2D eigenvalue weighted by atomic mass is 19.1. The van der Waals surface area contributed by atoms with E-state index in [1.807, 2.05) is 4.90 Å². The van der Waals surface area contributed by atoms with Gasteiger partial charge in [0.2, 0.25) is 0 Å². The number of piperidine rings is 1. The number of carboxylic acids is 1. The van der Waals surface area contributed by atoms with Gasteiger partial charge in [-0.2, -0.15) is 0 Å². The van der Waals surface area contributed by atoms with Crippen molar-refractivity contribution >= 4 is 17.3 Å². The number of carbonyl (C=O) groups is 1. The molecule has 1 heterocycles. The van der Waals surface area contributed by atoms with Gasteiger partial charge in [0.1, 0.15) is 5.82 Å². The van der Waals surface area contributed by atoms with Crippen LogP contribution in [0, 0.1) is 11.7 Å². The van der Waals surface area contributed by atoms with Gasteiger partial charge in [-0.25, -0.2) is 9.18 Å². The van der Waals surface area contributed by atoms with Crippen LogP contribution >= 0.6 is 0 Å². The van der Waals surface area contributed by atoms with Crippen LogP contribution in [-0.4, -0.2) is 37.4 Å². The summed E-state index contributed by atoms with van der Waals surface area (Å²) in [5.41, 5.74) is 6.27. The Bertz CT molecular complexity index is 521. The molecule has 3 N–H and O–H groups in total. The molecule has 6 heteroatoms. The van der Waals surface area contributed by atoms with E-state index in [0.717, 1.165) is 13.0 Å². The second kappa shape index (κ2) is 5.66. The van der Waals surface area contributed by atoms with Crippen molar-refractivity contribution in [3.05, 3.63) is 23.5 Å². The van der Waals surface area contributed by atoms with Crippen LogP contribution in [0.3, 0.4) is 0 Å². The van der Waals surface area contributed by atoms with Gasteiger partial charge in [-0.1, -0.05) is 6.92 Å². The number of ether oxygens (including phenoxy) is 1. The molecule has 1 aromatic rings. The van der Waals surface area contributed by atoms with E-state index in [9.17, 15) is 9.18 Å². The minimum absolute atomic E-state index is 0.0605. The molecule has 1 aliphatic rings. The molecular weight excluding hydrogens is 263 g/mol. The van der Waals surface area contributed by atoms with E-state index >= 15 is 0 Å². The molecule has 0 aliphatic carbocycles. The summed E-state index contributed by atoms with van der Waals surface area (Å²) < 4.78 is 19.2. The molecule has 1 aromatic carbocycles. The second-order valence-electron chi connectivity index (χ2n) is 5.18. The summed E-state index contributed by atoms with van der Waals surface area (Å²) in [5.74, 6) is -1.65. The average molecular weight is 282 g/mol. The monoisotopic (exact) mass is 282 g/mol. The molecule has 0 spiro atoms. The molecule has 2 unspecified atom stereocenters. The maximum absolute atomic E-state index is 13.8. The number of rotatable bonds is 3. The molecule has 0 aromatic heterocycles. The lowest BCUT2D eigenvalue weighted by atomic mass is 9.95. The van der Waals surface area contributed by atoms with Crippen molar-refractivity contribution in [2.45, 2.75) is 19.4 Å². The molecule has 0 radical (unpaired) electrons. The van der Waals surface area contributed by atoms with Crippen LogP contribution in [0.15, 0.2) is 12.1 Å². The fourth-order valence-electron chi connectivity index (χ4n) is 2.58. The fourth-order valence-corrected chi connectivity index (χ4v) is 2.58. The van der Waals surface area contributed by atoms with Gasteiger partial charge in [-0.3, -0.25) is 0 Å². The van der Waals surface area contributed by atoms with Gasteiger partial charge in [0, 0.05) is 26.3 Å². The average Bonchev–Trinajstić information content (AvgIpc) is 2.41. The van der Waals surface area contributed by atoms with Gasteiger partial charge in [-0.15, -0.1) is 0 Å². The van der Waals surface area contributed by atoms with Crippen LogP contribution in [0.1, 0.15) is 23.7 Å². The first-order valence-electron chi connectivity index (χ1n) is 6.54. The lowest BCUT2D eigenvalue weighted by Gasteiger charge is -2.38. The number of nitrogen functional groups attached to an aromatic ring is 1. The number of nitrogens with two attached hydrogens (primary N) is 1. The van der Waals surface area contributed by atoms with Crippen molar-refractivity contribution in [2.24, 2.45) is 5.92 Å². The third-order valence-electron chi connectivity index (χ3n) is 3.88. The van der Waals surface area contributed by atoms with E-state index in [1.54, 1.807) is 7.11 Å². The van der Waals surface area contributed by atoms with E-state index in [0.29, 0.717) is 18.2 Å². The van der Waals surface area contributed by atoms with Crippen LogP contribution in [-0.2, 0) is 4.74 Å². The number of benzene rings is 1. The normalized spacial score (nSPS) is 22.9. The van der Waals surface area contributed by atoms with Gasteiger partial charge in [-0.05, 0) is 18.4 Å². The van der Waals surface area contributed by atoms with Crippen molar-refractivity contribution in [1.29, 1.82) is 0 Å². The third kappa shape index (κ3) is 2.70. The number of hydrogen-bond donors (Lipinski definition) is 2. The number of aromatic carboxylic acids is 1. The fraction of sp³-hybridized carbons (Fsp3) is 0.500. The molecule has 110 valence electrons. The third-order valence-corrected chi connectivity index (χ3v) is 3.88. The molecule has 1 saturated heterocycles. The number of hydrogen-bond acceptors (Lipinski definition) is 4. The summed E-state index contributed by atoms with van der Waals surface area (Å²) in [6.45, 7) is 3.48. The highest BCUT2D eigenvalue weighted by molar-refractivity contribution is 5.91. The minimum Gasteiger partial charge on any atom is -0.478 e. The second-order valence-corrected chi connectivity index (χ2v) is 5.18. The topological polar surface area (TPSA) is 75.8 Å². The Kier molecular flexibility index (Phi) is 4.13. The Labute approximate surface area is 117 Å². The van der Waals surface area contributed by atoms with Crippen molar-refractivity contribution in [3.8, 4) is 0 Å². The zero-order chi connectivity index (χ0) is 14.9. The molecule has 1 fully saturated rings. The van der Waals surface area contributed by atoms with Crippen molar-refractivity contribution in [1.82, 2.24) is 0 Å². The van der Waals surface area contributed by atoms with Gasteiger partial charge >= 0.3 is 5.97 Å². The van der Waals surface area contributed by atoms with Crippen LogP contribution in [0.25, 0.3) is 0 Å². The maximum Gasteiger partial charge on any atom is 0.338 e. The van der Waals surface area contributed by atoms with Crippen LogP contribution in [0.4, 0.5) is 15.8 Å². The molecule has 1 aliphatic heterocycles. The van der Waals surface area contributed by atoms with Gasteiger partial charge < -0.3 is 20.5 Å². The van der Waals surface area contributed by atoms with Gasteiger partial charge in [0.05, 0.1) is 23.0 Å². The first kappa shape index (κ1) is 14.6. The molecular formula is C14H19FN2O3. The number of halogens is 1. The maximum atomic E-state index is 13.8. The predicted octanol–water partition coefficient (Wildman–Crippen LogP) is 1.97. The number of methoxy groups -OCH3 is 1. The number of nitrogens with zero attached hydrogens (tertiary/aromatic N) is 1. The first-order chi connectivity index (χ1) is 9.43. The summed E-state index contributed by atoms with van der Waals surface area (Å²) in [7, 11) is 1.65. The van der Waals surface area contributed by atoms with Crippen LogP contribution in [0.5, 0.6) is 0 Å². The van der Waals surface area contributed by atoms with E-state index in [1.165, 1.54) is 12.1 Å². The molecule has 2 rings (SSSR count). The zero-order valence-corrected chi connectivity index (χ0v) is 11.6. The SMILES string of the molecule is COC1CN(c2cc(F)c(C(=O)O)cc2N)CCC1C. The van der Waals surface area contributed by atoms with E-state index in [4.69, 9.17) is 15.6 Å². The highest BCUT2D eigenvalue weighted by Gasteiger charge is 2.28. The van der Waals surface area contributed by atoms with Crippen molar-refractivity contribution in [3.63, 3.8) is 0 Å². The number of carboxylic acid groups (broad SMARTS) is 1. The standard InChI is InChI=1S/C14H19FN2O3/c1-8-3-4-17(7-13(8)20-2)12-6-10(15)9(14(18)19)5-11(12)16/h5-6,8,13H,3-4,7,16H2,1-2H3,(H,18,19). The minimum atomic E-state index is -1.32. The molecule has 2 atom stereocenters. The van der Waals surface area contributed by atoms with Crippen LogP contribution < -0.4 is 10.6 Å². The Hall–Kier alpha value is -1.82. The number of anilines is 2. The van der Waals surface area contributed by atoms with Crippen LogP contribution in [0.2, 0.25) is 0 Å². The summed E-state index contributed by atoms with van der Waals surface area (Å²) >= 11 is 0. The lowest BCUT2D eigenvalue weighted by Crippen LogP contribution is -2.44. The quantitative estimate of drug-likeness (QED) is 0.829. The van der Waals surface area contributed by atoms with Gasteiger partial charge in [0.25, 0.3) is 0 Å². The van der Waals surface area contributed by atoms with E-state index in [-0.39, 0.29) is 11.8 Å². The Morgan fingerprint density at radius 1 is 1.55 bits per heavy atom. The highest BCUT2D eigenvalue weighted by Crippen LogP contribution is 2.31. The van der Waals surface area contributed by atoms with E-state index in [2.05, 4.69) is 6.92 Å². The molecule has 0 amide bonds. The summed E-state index contributed by atoms with van der Waals surface area (Å²) in [5, 5.41) is 8.88. The Morgan fingerprint density at radius 2 is 2.25 bits per heavy atom. The van der Waals surface area contributed by atoms with Gasteiger partial charge in [0.15, 0.2) is 0 Å². The summed E-state index contributed by atoms with van der Waals surface area (Å²) in [6, 6.07) is 2.37. The first-order valence-corrected chi connectivity index (χ1v) is 6.54. The molecule has 0 bridgehead atoms. The lowest BCUT2D eigenvalue weighted by molar-refractivity contribution is 0.0498. The van der Waals surface area contributed by atoms with E-state index < -0.39 is 17.3 Å². The predicted molar refractivity (Wildman–Crippen MR) is 74.6 cm³/mol.